The van der Waals surface area contributed by atoms with E-state index >= 15 is 38.4 Å². The minimum Gasteiger partial charge on any atom is -0.448 e. The highest BCUT2D eigenvalue weighted by atomic mass is 32.4. The summed E-state index contributed by atoms with van der Waals surface area (Å²) in [6.07, 6.45) is 14.0. The van der Waals surface area contributed by atoms with Crippen LogP contribution in [0.3, 0.4) is 0 Å². The molecule has 11 N–H and O–H groups in total. The molecule has 8 atom stereocenters. The Morgan fingerprint density at radius 1 is 0.379 bits per heavy atom. The third kappa shape index (κ3) is 22.9. The zero-order valence-corrected chi connectivity index (χ0v) is 77.4. The summed E-state index contributed by atoms with van der Waals surface area (Å²) in [5.74, 6) is -11.6. The van der Waals surface area contributed by atoms with Crippen LogP contribution < -0.4 is 53.6 Å². The lowest BCUT2D eigenvalue weighted by molar-refractivity contribution is -0.145. The van der Waals surface area contributed by atoms with Gasteiger partial charge in [-0.2, -0.15) is 0 Å². The molecule has 0 bridgehead atoms. The Kier molecular flexibility index (Phi) is 32.8. The molecule has 4 aromatic carbocycles. The van der Waals surface area contributed by atoms with E-state index in [9.17, 15) is 28.8 Å². The lowest BCUT2D eigenvalue weighted by atomic mass is 9.98. The largest absolute Gasteiger partial charge is 0.448 e. The van der Waals surface area contributed by atoms with Crippen LogP contribution >= 0.6 is 12.1 Å². The van der Waals surface area contributed by atoms with Gasteiger partial charge in [-0.3, -0.25) is 57.5 Å². The molecule has 0 saturated heterocycles. The van der Waals surface area contributed by atoms with Crippen LogP contribution in [0.25, 0.3) is 22.3 Å². The van der Waals surface area contributed by atoms with E-state index in [4.69, 9.17) is 38.8 Å². The Bertz CT molecular complexity index is 4630. The molecule has 0 heterocycles. The Morgan fingerprint density at radius 2 is 0.661 bits per heavy atom. The average Bonchev–Trinajstić information content (AvgIpc) is 1.67. The van der Waals surface area contributed by atoms with E-state index in [2.05, 4.69) is 47.9 Å². The standard InChI is InChI=1S/C92H128N12O16P2S2/c1-54(77(93)106)98-85(114)90(8,9)101-80(109)58(5)97-83(112)76(53-122(124,63-38-22-16-23-39-63)64-40-24-17-25-41-64)104(89(118)120-51-74-71-48-32-28-44-67(71)68-45-29-33-49-72(68)74)87(116)92(12,13)102-81(110)57(4)95-78(107)55(2)96-82(111)75(52-121(123,61-34-18-14-19-35-61)62-36-20-15-21-37-62)103(84(113)59(6)99-86(115)91(10,11)100-79(108)56(3)94-60(7)105)88(117)119-50-73-69-46-30-26-42-65(69)66-43-27-31-47-70(66)73/h26-33,42-49,54-59,61-64,73-76H,14-25,34-41,50-53H2,1-13H3,(H2,93,106)(H,94,105)(H,95,107)(H,96,111)(H,97,112)(H,98,114)(H,99,115)(H,100,108)(H,101,109)(H,102,110)/t54-,55-,56-,57-,58-,59-,75-,76-/m0/s1. The molecule has 0 radical (unpaired) electrons. The maximum Gasteiger partial charge on any atom is 0.417 e. The molecule has 6 aliphatic rings. The van der Waals surface area contributed by atoms with Gasteiger partial charge < -0.3 is 63.1 Å². The molecule has 28 nitrogen and oxygen atoms in total. The van der Waals surface area contributed by atoms with Crippen molar-refractivity contribution in [3.63, 3.8) is 0 Å². The van der Waals surface area contributed by atoms with Gasteiger partial charge in [-0.25, -0.2) is 19.4 Å². The summed E-state index contributed by atoms with van der Waals surface area (Å²) in [5.41, 5.74) is 6.74. The number of carbonyl (C=O) groups is 14. The van der Waals surface area contributed by atoms with Crippen molar-refractivity contribution in [1.82, 2.24) is 57.7 Å². The fraction of sp³-hybridized carbons (Fsp3) is 0.587. The number of benzene rings is 4. The number of nitrogens with two attached hydrogens (primary N) is 1. The first-order chi connectivity index (χ1) is 58.6. The van der Waals surface area contributed by atoms with Crippen LogP contribution in [-0.4, -0.2) is 206 Å². The number of hydrogen-bond acceptors (Lipinski definition) is 18. The number of rotatable bonds is 34. The third-order valence-electron chi connectivity index (χ3n) is 26.0. The molecule has 0 spiro atoms. The van der Waals surface area contributed by atoms with Crippen LogP contribution in [-0.2, 0) is 90.6 Å². The minimum atomic E-state index is -2.87. The van der Waals surface area contributed by atoms with Crippen LogP contribution in [0.15, 0.2) is 97.1 Å². The second-order valence-electron chi connectivity index (χ2n) is 36.5. The van der Waals surface area contributed by atoms with Crippen molar-refractivity contribution in [2.45, 2.75) is 318 Å². The molecule has 674 valence electrons. The molecule has 4 fully saturated rings. The maximum atomic E-state index is 16.4. The van der Waals surface area contributed by atoms with Gasteiger partial charge in [0.1, 0.15) is 78.2 Å². The van der Waals surface area contributed by atoms with Crippen LogP contribution in [0, 0.1) is 0 Å². The Morgan fingerprint density at radius 3 is 0.992 bits per heavy atom. The second kappa shape index (κ2) is 41.9. The van der Waals surface area contributed by atoms with Crippen LogP contribution in [0.5, 0.6) is 0 Å². The van der Waals surface area contributed by atoms with E-state index in [0.717, 1.165) is 183 Å². The molecule has 4 saturated carbocycles. The zero-order valence-electron chi connectivity index (χ0n) is 74.0. The van der Waals surface area contributed by atoms with Gasteiger partial charge in [0, 0.05) is 31.1 Å². The smallest absolute Gasteiger partial charge is 0.417 e. The number of ether oxygens (including phenoxy) is 2. The Labute approximate surface area is 739 Å². The number of nitrogens with one attached hydrogen (secondary N) is 9. The summed E-state index contributed by atoms with van der Waals surface area (Å²) < 4.78 is 12.7. The average molecular weight is 1780 g/mol. The highest BCUT2D eigenvalue weighted by Crippen LogP contribution is 2.65. The summed E-state index contributed by atoms with van der Waals surface area (Å²) in [6.45, 7) is 17.1. The molecule has 32 heteroatoms. The maximum absolute atomic E-state index is 16.4. The Hall–Kier alpha value is -9.24. The highest BCUT2D eigenvalue weighted by Gasteiger charge is 2.52. The first-order valence-electron chi connectivity index (χ1n) is 44.2. The number of carbonyl (C=O) groups excluding carboxylic acids is 14. The number of primary amides is 1. The minimum absolute atomic E-state index is 0.0486. The van der Waals surface area contributed by atoms with Crippen molar-refractivity contribution in [1.29, 1.82) is 0 Å². The summed E-state index contributed by atoms with van der Waals surface area (Å²) in [5, 5.41) is 23.9. The molecule has 6 aliphatic carbocycles. The van der Waals surface area contributed by atoms with E-state index in [1.165, 1.54) is 90.0 Å². The van der Waals surface area contributed by atoms with Crippen molar-refractivity contribution in [3.8, 4) is 22.3 Å². The molecule has 0 aromatic heterocycles. The fourth-order valence-corrected chi connectivity index (χ4v) is 31.2. The first kappa shape index (κ1) is 97.0. The second-order valence-corrected chi connectivity index (χ2v) is 47.7. The van der Waals surface area contributed by atoms with Crippen molar-refractivity contribution < 1.29 is 76.6 Å². The normalized spacial score (nSPS) is 18.1. The van der Waals surface area contributed by atoms with Gasteiger partial charge in [-0.1, -0.05) is 198 Å². The number of imide groups is 2. The monoisotopic (exact) mass is 1780 g/mol. The Balaban J connectivity index is 0.973. The number of hydrogen-bond donors (Lipinski definition) is 10. The number of fused-ring (bicyclic) bond motifs is 6. The van der Waals surface area contributed by atoms with Gasteiger partial charge in [0.05, 0.1) is 0 Å². The van der Waals surface area contributed by atoms with Gasteiger partial charge >= 0.3 is 12.2 Å². The van der Waals surface area contributed by atoms with E-state index in [-0.39, 0.29) is 48.2 Å². The van der Waals surface area contributed by atoms with Crippen LogP contribution in [0.1, 0.15) is 253 Å². The molecule has 10 rings (SSSR count). The zero-order chi connectivity index (χ0) is 90.5. The molecular weight excluding hydrogens is 1660 g/mol. The van der Waals surface area contributed by atoms with Crippen LogP contribution in [0.4, 0.5) is 9.59 Å². The fourth-order valence-electron chi connectivity index (χ4n) is 18.8. The van der Waals surface area contributed by atoms with E-state index in [0.29, 0.717) is 0 Å². The summed E-state index contributed by atoms with van der Waals surface area (Å²) in [6, 6.07) is 13.0. The SMILES string of the molecule is CC(=O)N[C@@H](C)C(=O)NC(C)(C)C(=O)N[C@@H](C)C(=O)N(C(=O)OCC1c2ccccc2-c2ccccc21)[C@@H](CP(=S)(C1CCCCC1)C1CCCCC1)C(=O)N[C@@H](C)C(=O)N[C@@H](C)C(=O)NC(C)(C)C(=O)N(C(=O)OCC1c2ccccc2-c2ccccc21)[C@@H](CP(=S)(C1CCCCC1)C1CCCCC1)C(=O)N[C@@H](C)C(=O)NC(C)(C)C(=O)N[C@@H](C)C(N)=O. The summed E-state index contributed by atoms with van der Waals surface area (Å²) in [7, 11) is 0. The third-order valence-corrected chi connectivity index (χ3v) is 39.3. The molecule has 14 amide bonds. The predicted molar refractivity (Wildman–Crippen MR) is 484 cm³/mol. The van der Waals surface area contributed by atoms with Crippen molar-refractivity contribution >= 4 is 119 Å². The lowest BCUT2D eigenvalue weighted by Crippen LogP contribution is -2.66. The first-order valence-corrected chi connectivity index (χ1v) is 50.4. The highest BCUT2D eigenvalue weighted by molar-refractivity contribution is 8.15. The molecule has 0 unspecified atom stereocenters. The predicted octanol–water partition coefficient (Wildman–Crippen LogP) is 10.8. The van der Waals surface area contributed by atoms with Gasteiger partial charge in [0.15, 0.2) is 0 Å². The molecule has 0 aliphatic heterocycles. The van der Waals surface area contributed by atoms with E-state index < -0.39 is 172 Å². The molecular formula is C92H128N12O16P2S2. The quantitative estimate of drug-likeness (QED) is 0.0194. The molecule has 4 aromatic rings. The number of nitrogens with zero attached hydrogens (tertiary/aromatic N) is 2. The molecule has 124 heavy (non-hydrogen) atoms. The van der Waals surface area contributed by atoms with Crippen molar-refractivity contribution in [2.75, 3.05) is 25.5 Å². The lowest BCUT2D eigenvalue weighted by Gasteiger charge is -2.45. The van der Waals surface area contributed by atoms with Crippen molar-refractivity contribution in [2.24, 2.45) is 5.73 Å². The van der Waals surface area contributed by atoms with E-state index in [1.807, 2.05) is 97.1 Å². The van der Waals surface area contributed by atoms with Gasteiger partial charge in [0.25, 0.3) is 11.8 Å². The summed E-state index contributed by atoms with van der Waals surface area (Å²) in [4.78, 5) is 207. The summed E-state index contributed by atoms with van der Waals surface area (Å²) >= 11 is 14.2. The van der Waals surface area contributed by atoms with Crippen molar-refractivity contribution in [3.05, 3.63) is 119 Å². The van der Waals surface area contributed by atoms with Gasteiger partial charge in [0.2, 0.25) is 59.1 Å². The number of amides is 14. The van der Waals surface area contributed by atoms with E-state index in [1.54, 1.807) is 0 Å². The topological polar surface area (TPSA) is 398 Å². The van der Waals surface area contributed by atoms with Gasteiger partial charge in [-0.15, -0.1) is 0 Å². The van der Waals surface area contributed by atoms with Gasteiger partial charge in [-0.05, 0) is 214 Å². The van der Waals surface area contributed by atoms with Crippen LogP contribution in [0.2, 0.25) is 0 Å².